The predicted molar refractivity (Wildman–Crippen MR) is 89.5 cm³/mol. The van der Waals surface area contributed by atoms with E-state index in [0.717, 1.165) is 28.6 Å². The molecule has 1 aliphatic carbocycles. The molecular weight excluding hydrogens is 326 g/mol. The maximum Gasteiger partial charge on any atom is 0.124 e. The van der Waals surface area contributed by atoms with Crippen molar-refractivity contribution in [3.05, 3.63) is 63.6 Å². The van der Waals surface area contributed by atoms with E-state index in [-0.39, 0.29) is 12.1 Å². The van der Waals surface area contributed by atoms with E-state index < -0.39 is 0 Å². The molecule has 3 rings (SSSR count). The number of hydrogen-bond acceptors (Lipinski definition) is 2. The van der Waals surface area contributed by atoms with E-state index in [0.29, 0.717) is 0 Å². The number of fused-ring (bicyclic) bond motifs is 1. The average molecular weight is 346 g/mol. The molecule has 0 saturated carbocycles. The van der Waals surface area contributed by atoms with Crippen molar-refractivity contribution in [3.8, 4) is 5.75 Å². The summed E-state index contributed by atoms with van der Waals surface area (Å²) in [7, 11) is 0. The first-order chi connectivity index (χ1) is 10.1. The lowest BCUT2D eigenvalue weighted by Gasteiger charge is -2.26. The zero-order chi connectivity index (χ0) is 14.8. The van der Waals surface area contributed by atoms with Gasteiger partial charge in [-0.3, -0.25) is 0 Å². The normalized spacial score (nSPS) is 18.9. The second-order valence-corrected chi connectivity index (χ2v) is 6.52. The lowest BCUT2D eigenvalue weighted by Crippen LogP contribution is -2.15. The van der Waals surface area contributed by atoms with Crippen LogP contribution in [0.2, 0.25) is 0 Å². The van der Waals surface area contributed by atoms with E-state index in [1.807, 2.05) is 25.1 Å². The topological polar surface area (TPSA) is 35.2 Å². The zero-order valence-corrected chi connectivity index (χ0v) is 13.8. The standard InChI is InChI=1S/C18H20BrNO/c1-12(20)15-10-9-14(11-17(15)19)21-18-8-4-6-13-5-2-3-7-16(13)18/h2-3,5,7,9-12,18H,4,6,8,20H2,1H3/t12-,18?/m1/s1. The number of ether oxygens (including phenoxy) is 1. The first kappa shape index (κ1) is 14.6. The van der Waals surface area contributed by atoms with Crippen molar-refractivity contribution in [2.45, 2.75) is 38.3 Å². The highest BCUT2D eigenvalue weighted by atomic mass is 79.9. The van der Waals surface area contributed by atoms with Gasteiger partial charge < -0.3 is 10.5 Å². The SMILES string of the molecule is C[C@@H](N)c1ccc(OC2CCCc3ccccc32)cc1Br. The number of aryl methyl sites for hydroxylation is 1. The summed E-state index contributed by atoms with van der Waals surface area (Å²) >= 11 is 3.58. The lowest BCUT2D eigenvalue weighted by atomic mass is 9.89. The van der Waals surface area contributed by atoms with Gasteiger partial charge in [0, 0.05) is 10.5 Å². The van der Waals surface area contributed by atoms with E-state index in [4.69, 9.17) is 10.5 Å². The van der Waals surface area contributed by atoms with E-state index >= 15 is 0 Å². The Morgan fingerprint density at radius 3 is 2.81 bits per heavy atom. The number of halogens is 1. The molecule has 0 aromatic heterocycles. The second kappa shape index (κ2) is 6.20. The molecule has 2 N–H and O–H groups in total. The number of benzene rings is 2. The van der Waals surface area contributed by atoms with Crippen molar-refractivity contribution in [1.29, 1.82) is 0 Å². The van der Waals surface area contributed by atoms with Crippen molar-refractivity contribution in [2.24, 2.45) is 5.73 Å². The van der Waals surface area contributed by atoms with Gasteiger partial charge in [-0.05, 0) is 55.0 Å². The molecule has 0 aliphatic heterocycles. The zero-order valence-electron chi connectivity index (χ0n) is 12.2. The van der Waals surface area contributed by atoms with Gasteiger partial charge in [0.05, 0.1) is 0 Å². The summed E-state index contributed by atoms with van der Waals surface area (Å²) in [5, 5.41) is 0. The van der Waals surface area contributed by atoms with Crippen LogP contribution in [0.25, 0.3) is 0 Å². The van der Waals surface area contributed by atoms with E-state index in [2.05, 4.69) is 40.2 Å². The third kappa shape index (κ3) is 3.14. The highest BCUT2D eigenvalue weighted by molar-refractivity contribution is 9.10. The molecule has 2 nitrogen and oxygen atoms in total. The van der Waals surface area contributed by atoms with E-state index in [1.165, 1.54) is 17.5 Å². The quantitative estimate of drug-likeness (QED) is 0.856. The van der Waals surface area contributed by atoms with Gasteiger partial charge in [-0.2, -0.15) is 0 Å². The summed E-state index contributed by atoms with van der Waals surface area (Å²) in [5.74, 6) is 0.896. The summed E-state index contributed by atoms with van der Waals surface area (Å²) in [6, 6.07) is 14.7. The molecule has 21 heavy (non-hydrogen) atoms. The van der Waals surface area contributed by atoms with Gasteiger partial charge in [0.2, 0.25) is 0 Å². The predicted octanol–water partition coefficient (Wildman–Crippen LogP) is 4.93. The summed E-state index contributed by atoms with van der Waals surface area (Å²) < 4.78 is 7.24. The van der Waals surface area contributed by atoms with Crippen LogP contribution in [0.15, 0.2) is 46.9 Å². The Kier molecular flexibility index (Phi) is 4.32. The minimum absolute atomic E-state index is 0.0174. The molecule has 110 valence electrons. The Labute approximate surface area is 134 Å². The molecule has 0 fully saturated rings. The molecule has 0 heterocycles. The van der Waals surface area contributed by atoms with Crippen LogP contribution in [0, 0.1) is 0 Å². The van der Waals surface area contributed by atoms with Crippen LogP contribution in [0.1, 0.15) is 48.6 Å². The number of nitrogens with two attached hydrogens (primary N) is 1. The molecule has 2 atom stereocenters. The smallest absolute Gasteiger partial charge is 0.124 e. The number of rotatable bonds is 3. The fourth-order valence-electron chi connectivity index (χ4n) is 2.95. The third-order valence-electron chi connectivity index (χ3n) is 4.06. The summed E-state index contributed by atoms with van der Waals surface area (Å²) in [6.45, 7) is 1.98. The molecule has 1 aliphatic rings. The van der Waals surface area contributed by atoms with Crippen LogP contribution in [-0.2, 0) is 6.42 Å². The molecule has 0 spiro atoms. The summed E-state index contributed by atoms with van der Waals surface area (Å²) in [6.07, 6.45) is 3.57. The van der Waals surface area contributed by atoms with Crippen LogP contribution in [-0.4, -0.2) is 0 Å². The molecule has 0 amide bonds. The highest BCUT2D eigenvalue weighted by Crippen LogP contribution is 2.35. The molecule has 1 unspecified atom stereocenters. The van der Waals surface area contributed by atoms with Gasteiger partial charge in [-0.1, -0.05) is 46.3 Å². The Balaban J connectivity index is 1.83. The Hall–Kier alpha value is -1.32. The van der Waals surface area contributed by atoms with Gasteiger partial charge in [0.15, 0.2) is 0 Å². The largest absolute Gasteiger partial charge is 0.486 e. The Morgan fingerprint density at radius 2 is 2.05 bits per heavy atom. The van der Waals surface area contributed by atoms with Crippen LogP contribution >= 0.6 is 15.9 Å². The van der Waals surface area contributed by atoms with Gasteiger partial charge in [0.1, 0.15) is 11.9 Å². The highest BCUT2D eigenvalue weighted by Gasteiger charge is 2.21. The van der Waals surface area contributed by atoms with Crippen LogP contribution in [0.3, 0.4) is 0 Å². The van der Waals surface area contributed by atoms with E-state index in [9.17, 15) is 0 Å². The molecule has 0 saturated heterocycles. The monoisotopic (exact) mass is 345 g/mol. The Bertz CT molecular complexity index is 639. The van der Waals surface area contributed by atoms with Crippen molar-refractivity contribution in [2.75, 3.05) is 0 Å². The maximum atomic E-state index is 6.23. The molecule has 2 aromatic rings. The first-order valence-electron chi connectivity index (χ1n) is 7.44. The summed E-state index contributed by atoms with van der Waals surface area (Å²) in [5.41, 5.74) is 9.79. The first-order valence-corrected chi connectivity index (χ1v) is 8.24. The van der Waals surface area contributed by atoms with Gasteiger partial charge in [-0.15, -0.1) is 0 Å². The minimum atomic E-state index is 0.0174. The van der Waals surface area contributed by atoms with Crippen LogP contribution in [0.5, 0.6) is 5.75 Å². The molecule has 0 radical (unpaired) electrons. The molecule has 2 aromatic carbocycles. The van der Waals surface area contributed by atoms with Gasteiger partial charge >= 0.3 is 0 Å². The molecular formula is C18H20BrNO. The third-order valence-corrected chi connectivity index (χ3v) is 4.74. The molecule has 0 bridgehead atoms. The number of hydrogen-bond donors (Lipinski definition) is 1. The maximum absolute atomic E-state index is 6.23. The van der Waals surface area contributed by atoms with E-state index in [1.54, 1.807) is 0 Å². The van der Waals surface area contributed by atoms with Crippen LogP contribution < -0.4 is 10.5 Å². The lowest BCUT2D eigenvalue weighted by molar-refractivity contribution is 0.183. The van der Waals surface area contributed by atoms with Crippen LogP contribution in [0.4, 0.5) is 0 Å². The van der Waals surface area contributed by atoms with Crippen molar-refractivity contribution < 1.29 is 4.74 Å². The van der Waals surface area contributed by atoms with Crippen molar-refractivity contribution in [3.63, 3.8) is 0 Å². The minimum Gasteiger partial charge on any atom is -0.486 e. The fourth-order valence-corrected chi connectivity index (χ4v) is 3.67. The summed E-state index contributed by atoms with van der Waals surface area (Å²) in [4.78, 5) is 0. The van der Waals surface area contributed by atoms with Gasteiger partial charge in [0.25, 0.3) is 0 Å². The van der Waals surface area contributed by atoms with Gasteiger partial charge in [-0.25, -0.2) is 0 Å². The molecule has 3 heteroatoms. The Morgan fingerprint density at radius 1 is 1.24 bits per heavy atom. The fraction of sp³-hybridized carbons (Fsp3) is 0.333. The average Bonchev–Trinajstić information content (AvgIpc) is 2.47. The second-order valence-electron chi connectivity index (χ2n) is 5.67. The van der Waals surface area contributed by atoms with Crippen molar-refractivity contribution in [1.82, 2.24) is 0 Å². The van der Waals surface area contributed by atoms with Crippen molar-refractivity contribution >= 4 is 15.9 Å².